The fourth-order valence-corrected chi connectivity index (χ4v) is 4.67. The summed E-state index contributed by atoms with van der Waals surface area (Å²) < 4.78 is 12.0. The zero-order chi connectivity index (χ0) is 21.6. The first-order chi connectivity index (χ1) is 15.2. The molecule has 1 aliphatic heterocycles. The second kappa shape index (κ2) is 9.98. The van der Waals surface area contributed by atoms with Crippen molar-refractivity contribution in [1.82, 2.24) is 14.7 Å². The van der Waals surface area contributed by atoms with Gasteiger partial charge >= 0.3 is 5.97 Å². The van der Waals surface area contributed by atoms with E-state index in [1.54, 1.807) is 23.1 Å². The molecule has 7 nitrogen and oxygen atoms in total. The number of piperazine rings is 1. The number of aromatic nitrogens is 2. The molecule has 164 valence electrons. The molecule has 0 atom stereocenters. The number of esters is 1. The molecule has 31 heavy (non-hydrogen) atoms. The third kappa shape index (κ3) is 5.08. The molecule has 0 radical (unpaired) electrons. The highest BCUT2D eigenvalue weighted by Gasteiger charge is 2.21. The van der Waals surface area contributed by atoms with E-state index in [9.17, 15) is 4.79 Å². The Morgan fingerprint density at radius 2 is 1.90 bits per heavy atom. The molecule has 0 bridgehead atoms. The van der Waals surface area contributed by atoms with Crippen molar-refractivity contribution in [3.05, 3.63) is 53.5 Å². The summed E-state index contributed by atoms with van der Waals surface area (Å²) in [5, 5.41) is 6.71. The molecule has 0 saturated carbocycles. The summed E-state index contributed by atoms with van der Waals surface area (Å²) in [6.07, 6.45) is 2.88. The van der Waals surface area contributed by atoms with Crippen LogP contribution in [0.2, 0.25) is 0 Å². The van der Waals surface area contributed by atoms with Crippen LogP contribution in [0.4, 0.5) is 5.69 Å². The Balaban J connectivity index is 1.39. The van der Waals surface area contributed by atoms with Gasteiger partial charge in [-0.05, 0) is 30.0 Å². The van der Waals surface area contributed by atoms with Gasteiger partial charge in [-0.2, -0.15) is 5.10 Å². The van der Waals surface area contributed by atoms with Crippen LogP contribution in [0.3, 0.4) is 0 Å². The molecule has 3 aromatic rings. The van der Waals surface area contributed by atoms with Crippen LogP contribution >= 0.6 is 11.3 Å². The molecule has 3 heterocycles. The van der Waals surface area contributed by atoms with Crippen molar-refractivity contribution < 1.29 is 14.3 Å². The number of carbonyl (C=O) groups is 1. The molecule has 0 aliphatic carbocycles. The van der Waals surface area contributed by atoms with Crippen LogP contribution in [-0.4, -0.2) is 67.6 Å². The lowest BCUT2D eigenvalue weighted by Gasteiger charge is -2.36. The first-order valence-electron chi connectivity index (χ1n) is 10.4. The predicted molar refractivity (Wildman–Crippen MR) is 123 cm³/mol. The van der Waals surface area contributed by atoms with Crippen molar-refractivity contribution in [3.63, 3.8) is 0 Å². The van der Waals surface area contributed by atoms with Crippen LogP contribution in [0.1, 0.15) is 5.56 Å². The van der Waals surface area contributed by atoms with Crippen LogP contribution in [0.15, 0.2) is 48.0 Å². The number of carbonyl (C=O) groups excluding carboxylic acids is 1. The molecule has 0 N–H and O–H groups in total. The Hall–Kier alpha value is -2.84. The summed E-state index contributed by atoms with van der Waals surface area (Å²) in [5.41, 5.74) is 3.29. The Morgan fingerprint density at radius 1 is 1.10 bits per heavy atom. The van der Waals surface area contributed by atoms with Gasteiger partial charge in [0.15, 0.2) is 0 Å². The monoisotopic (exact) mass is 440 g/mol. The summed E-state index contributed by atoms with van der Waals surface area (Å²) in [4.78, 5) is 17.7. The Bertz CT molecular complexity index is 994. The molecule has 1 fully saturated rings. The normalized spacial score (nSPS) is 14.6. The molecule has 1 saturated heterocycles. The highest BCUT2D eigenvalue weighted by molar-refractivity contribution is 7.13. The summed E-state index contributed by atoms with van der Waals surface area (Å²) >= 11 is 1.67. The lowest BCUT2D eigenvalue weighted by atomic mass is 10.1. The largest absolute Gasteiger partial charge is 0.495 e. The Morgan fingerprint density at radius 3 is 2.61 bits per heavy atom. The van der Waals surface area contributed by atoms with Crippen LogP contribution in [-0.2, 0) is 22.5 Å². The van der Waals surface area contributed by atoms with Gasteiger partial charge in [0, 0.05) is 44.5 Å². The van der Waals surface area contributed by atoms with E-state index in [0.717, 1.165) is 61.2 Å². The third-order valence-corrected chi connectivity index (χ3v) is 6.48. The highest BCUT2D eigenvalue weighted by atomic mass is 32.1. The second-order valence-electron chi connectivity index (χ2n) is 7.50. The average molecular weight is 441 g/mol. The first-order valence-corrected chi connectivity index (χ1v) is 11.3. The van der Waals surface area contributed by atoms with E-state index in [1.165, 1.54) is 12.7 Å². The molecular weight excluding hydrogens is 412 g/mol. The molecule has 4 rings (SSSR count). The van der Waals surface area contributed by atoms with Gasteiger partial charge in [0.05, 0.1) is 24.8 Å². The quantitative estimate of drug-likeness (QED) is 0.502. The van der Waals surface area contributed by atoms with Crippen LogP contribution in [0.25, 0.3) is 10.6 Å². The SMILES string of the molecule is COC(=O)Cn1cc(CCN2CCN(c3ccccc3OC)CC2)c(-c2cccs2)n1. The minimum Gasteiger partial charge on any atom is -0.495 e. The molecule has 0 unspecified atom stereocenters. The lowest BCUT2D eigenvalue weighted by Crippen LogP contribution is -2.47. The average Bonchev–Trinajstić information content (AvgIpc) is 3.48. The van der Waals surface area contributed by atoms with Crippen molar-refractivity contribution in [3.8, 4) is 16.3 Å². The zero-order valence-corrected chi connectivity index (χ0v) is 18.8. The fraction of sp³-hybridized carbons (Fsp3) is 0.391. The maximum absolute atomic E-state index is 11.7. The van der Waals surface area contributed by atoms with Crippen molar-refractivity contribution in [2.75, 3.05) is 51.8 Å². The van der Waals surface area contributed by atoms with Gasteiger partial charge in [-0.1, -0.05) is 18.2 Å². The van der Waals surface area contributed by atoms with E-state index in [4.69, 9.17) is 9.47 Å². The Labute approximate surface area is 186 Å². The molecule has 0 amide bonds. The summed E-state index contributed by atoms with van der Waals surface area (Å²) in [5.74, 6) is 0.633. The Kier molecular flexibility index (Phi) is 6.89. The number of benzene rings is 1. The van der Waals surface area contributed by atoms with Gasteiger partial charge in [0.1, 0.15) is 18.0 Å². The van der Waals surface area contributed by atoms with E-state index in [2.05, 4.69) is 38.5 Å². The third-order valence-electron chi connectivity index (χ3n) is 5.61. The fourth-order valence-electron chi connectivity index (χ4n) is 3.93. The standard InChI is InChI=1S/C23H28N4O3S/c1-29-20-7-4-3-6-19(20)26-13-11-25(12-14-26)10-9-18-16-27(17-22(28)30-2)24-23(18)21-8-5-15-31-21/h3-8,15-16H,9-14,17H2,1-2H3. The molecule has 8 heteroatoms. The number of hydrogen-bond donors (Lipinski definition) is 0. The van der Waals surface area contributed by atoms with Crippen LogP contribution in [0, 0.1) is 0 Å². The number of anilines is 1. The van der Waals surface area contributed by atoms with Crippen molar-refractivity contribution in [1.29, 1.82) is 0 Å². The van der Waals surface area contributed by atoms with Crippen LogP contribution < -0.4 is 9.64 Å². The lowest BCUT2D eigenvalue weighted by molar-refractivity contribution is -0.141. The van der Waals surface area contributed by atoms with Gasteiger partial charge in [0.2, 0.25) is 0 Å². The first kappa shape index (κ1) is 21.4. The van der Waals surface area contributed by atoms with Gasteiger partial charge in [-0.15, -0.1) is 11.3 Å². The molecule has 1 aliphatic rings. The van der Waals surface area contributed by atoms with Gasteiger partial charge in [0.25, 0.3) is 0 Å². The minimum atomic E-state index is -0.292. The van der Waals surface area contributed by atoms with E-state index in [0.29, 0.717) is 0 Å². The van der Waals surface area contributed by atoms with E-state index in [1.807, 2.05) is 24.4 Å². The van der Waals surface area contributed by atoms with Crippen molar-refractivity contribution >= 4 is 23.0 Å². The minimum absolute atomic E-state index is 0.131. The highest BCUT2D eigenvalue weighted by Crippen LogP contribution is 2.29. The van der Waals surface area contributed by atoms with Gasteiger partial charge < -0.3 is 14.4 Å². The molecule has 2 aromatic heterocycles. The van der Waals surface area contributed by atoms with E-state index < -0.39 is 0 Å². The second-order valence-corrected chi connectivity index (χ2v) is 8.45. The number of thiophene rings is 1. The predicted octanol–water partition coefficient (Wildman–Crippen LogP) is 3.16. The summed E-state index contributed by atoms with van der Waals surface area (Å²) in [6, 6.07) is 12.3. The zero-order valence-electron chi connectivity index (χ0n) is 18.0. The van der Waals surface area contributed by atoms with Gasteiger partial charge in [-0.3, -0.25) is 14.4 Å². The molecule has 1 aromatic carbocycles. The number of para-hydroxylation sites is 2. The maximum Gasteiger partial charge on any atom is 0.327 e. The van der Waals surface area contributed by atoms with E-state index in [-0.39, 0.29) is 12.5 Å². The van der Waals surface area contributed by atoms with Crippen molar-refractivity contribution in [2.24, 2.45) is 0 Å². The maximum atomic E-state index is 11.7. The number of hydrogen-bond acceptors (Lipinski definition) is 7. The number of rotatable bonds is 8. The smallest absolute Gasteiger partial charge is 0.327 e. The van der Waals surface area contributed by atoms with Crippen molar-refractivity contribution in [2.45, 2.75) is 13.0 Å². The molecular formula is C23H28N4O3S. The number of methoxy groups -OCH3 is 2. The number of nitrogens with zero attached hydrogens (tertiary/aromatic N) is 4. The van der Waals surface area contributed by atoms with E-state index >= 15 is 0 Å². The topological polar surface area (TPSA) is 59.8 Å². The summed E-state index contributed by atoms with van der Waals surface area (Å²) in [6.45, 7) is 5.04. The van der Waals surface area contributed by atoms with Gasteiger partial charge in [-0.25, -0.2) is 0 Å². The molecule has 0 spiro atoms. The van der Waals surface area contributed by atoms with Crippen LogP contribution in [0.5, 0.6) is 5.75 Å². The summed E-state index contributed by atoms with van der Waals surface area (Å²) in [7, 11) is 3.12. The number of ether oxygens (including phenoxy) is 2.